The van der Waals surface area contributed by atoms with Crippen LogP contribution in [0.5, 0.6) is 0 Å². The van der Waals surface area contributed by atoms with E-state index in [1.54, 1.807) is 0 Å². The fourth-order valence-corrected chi connectivity index (χ4v) is 1.85. The monoisotopic (exact) mass is 235 g/mol. The summed E-state index contributed by atoms with van der Waals surface area (Å²) in [6.07, 6.45) is 0.884. The summed E-state index contributed by atoms with van der Waals surface area (Å²) in [5.41, 5.74) is 10.0. The minimum absolute atomic E-state index is 0.0639. The lowest BCUT2D eigenvalue weighted by Gasteiger charge is -2.23. The first-order valence-corrected chi connectivity index (χ1v) is 6.24. The van der Waals surface area contributed by atoms with Crippen molar-refractivity contribution in [1.29, 1.82) is 0 Å². The summed E-state index contributed by atoms with van der Waals surface area (Å²) < 4.78 is 5.72. The third-order valence-corrected chi connectivity index (χ3v) is 2.84. The Hall–Kier alpha value is -0.860. The van der Waals surface area contributed by atoms with E-state index in [0.717, 1.165) is 6.42 Å². The van der Waals surface area contributed by atoms with Gasteiger partial charge in [0, 0.05) is 6.04 Å². The van der Waals surface area contributed by atoms with Crippen LogP contribution in [0.1, 0.15) is 37.5 Å². The van der Waals surface area contributed by atoms with Crippen LogP contribution in [0.2, 0.25) is 0 Å². The van der Waals surface area contributed by atoms with E-state index in [1.807, 2.05) is 0 Å². The van der Waals surface area contributed by atoms with Crippen LogP contribution >= 0.6 is 0 Å². The Morgan fingerprint density at radius 2 is 1.71 bits per heavy atom. The first-order chi connectivity index (χ1) is 7.79. The summed E-state index contributed by atoms with van der Waals surface area (Å²) in [4.78, 5) is 0. The van der Waals surface area contributed by atoms with Gasteiger partial charge in [0.25, 0.3) is 0 Å². The van der Waals surface area contributed by atoms with Crippen molar-refractivity contribution >= 4 is 0 Å². The lowest BCUT2D eigenvalue weighted by atomic mass is 9.97. The van der Waals surface area contributed by atoms with Crippen molar-refractivity contribution in [2.24, 2.45) is 5.73 Å². The molecule has 0 fully saturated rings. The minimum Gasteiger partial charge on any atom is -0.374 e. The smallest absolute Gasteiger partial charge is 0.0627 e. The van der Waals surface area contributed by atoms with Gasteiger partial charge in [0.2, 0.25) is 0 Å². The molecule has 0 amide bonds. The highest BCUT2D eigenvalue weighted by Crippen LogP contribution is 2.16. The second kappa shape index (κ2) is 5.65. The first-order valence-electron chi connectivity index (χ1n) is 6.24. The van der Waals surface area contributed by atoms with Crippen LogP contribution in [0, 0.1) is 13.8 Å². The molecule has 1 unspecified atom stereocenters. The number of nitrogens with two attached hydrogens (primary N) is 1. The molecule has 0 aliphatic carbocycles. The zero-order chi connectivity index (χ0) is 13.1. The summed E-state index contributed by atoms with van der Waals surface area (Å²) >= 11 is 0. The molecular formula is C15H25NO. The van der Waals surface area contributed by atoms with E-state index in [9.17, 15) is 0 Å². The molecule has 2 N–H and O–H groups in total. The summed E-state index contributed by atoms with van der Waals surface area (Å²) in [6, 6.07) is 6.43. The van der Waals surface area contributed by atoms with Gasteiger partial charge in [-0.25, -0.2) is 0 Å². The topological polar surface area (TPSA) is 35.2 Å². The molecular weight excluding hydrogens is 210 g/mol. The van der Waals surface area contributed by atoms with Crippen molar-refractivity contribution in [3.63, 3.8) is 0 Å². The van der Waals surface area contributed by atoms with Crippen LogP contribution in [0.4, 0.5) is 0 Å². The number of hydrogen-bond donors (Lipinski definition) is 1. The molecule has 0 heterocycles. The Morgan fingerprint density at radius 3 is 2.18 bits per heavy atom. The molecule has 1 rings (SSSR count). The van der Waals surface area contributed by atoms with E-state index in [0.29, 0.717) is 6.61 Å². The van der Waals surface area contributed by atoms with Crippen molar-refractivity contribution in [2.45, 2.75) is 52.7 Å². The van der Waals surface area contributed by atoms with E-state index in [-0.39, 0.29) is 11.6 Å². The number of rotatable bonds is 4. The summed E-state index contributed by atoms with van der Waals surface area (Å²) in [6.45, 7) is 11.0. The molecule has 2 nitrogen and oxygen atoms in total. The van der Waals surface area contributed by atoms with Crippen LogP contribution in [0.15, 0.2) is 18.2 Å². The molecule has 0 aliphatic rings. The van der Waals surface area contributed by atoms with Crippen molar-refractivity contribution in [3.8, 4) is 0 Å². The van der Waals surface area contributed by atoms with Crippen LogP contribution in [0.3, 0.4) is 0 Å². The maximum Gasteiger partial charge on any atom is 0.0627 e. The molecule has 0 aromatic heterocycles. The fraction of sp³-hybridized carbons (Fsp3) is 0.600. The molecule has 0 radical (unpaired) electrons. The summed E-state index contributed by atoms with van der Waals surface area (Å²) in [5, 5.41) is 0. The van der Waals surface area contributed by atoms with Gasteiger partial charge < -0.3 is 10.5 Å². The Labute approximate surface area is 105 Å². The average molecular weight is 235 g/mol. The third-order valence-electron chi connectivity index (χ3n) is 2.84. The summed E-state index contributed by atoms with van der Waals surface area (Å²) in [5.74, 6) is 0. The van der Waals surface area contributed by atoms with Gasteiger partial charge in [0.05, 0.1) is 12.2 Å². The van der Waals surface area contributed by atoms with Gasteiger partial charge in [0.1, 0.15) is 0 Å². The Bertz CT molecular complexity index is 345. The molecule has 0 bridgehead atoms. The van der Waals surface area contributed by atoms with Gasteiger partial charge in [-0.2, -0.15) is 0 Å². The standard InChI is InChI=1S/C15H25NO/c1-11-7-6-8-12(2)14(11)9-13(16)10-17-15(3,4)5/h6-8,13H,9-10,16H2,1-5H3. The van der Waals surface area contributed by atoms with Crippen LogP contribution in [-0.4, -0.2) is 18.2 Å². The molecule has 1 aromatic carbocycles. The second-order valence-corrected chi connectivity index (χ2v) is 5.76. The Kier molecular flexibility index (Phi) is 4.72. The lowest BCUT2D eigenvalue weighted by molar-refractivity contribution is -0.00985. The van der Waals surface area contributed by atoms with Crippen LogP contribution < -0.4 is 5.73 Å². The molecule has 17 heavy (non-hydrogen) atoms. The predicted molar refractivity (Wildman–Crippen MR) is 73.3 cm³/mol. The largest absolute Gasteiger partial charge is 0.374 e. The number of ether oxygens (including phenoxy) is 1. The first kappa shape index (κ1) is 14.2. The average Bonchev–Trinajstić information content (AvgIpc) is 2.20. The van der Waals surface area contributed by atoms with Crippen LogP contribution in [0.25, 0.3) is 0 Å². The van der Waals surface area contributed by atoms with E-state index in [4.69, 9.17) is 10.5 Å². The molecule has 0 saturated carbocycles. The highest BCUT2D eigenvalue weighted by molar-refractivity contribution is 5.34. The van der Waals surface area contributed by atoms with Gasteiger partial charge in [-0.3, -0.25) is 0 Å². The van der Waals surface area contributed by atoms with Crippen molar-refractivity contribution in [2.75, 3.05) is 6.61 Å². The fourth-order valence-electron chi connectivity index (χ4n) is 1.85. The van der Waals surface area contributed by atoms with Gasteiger partial charge in [-0.1, -0.05) is 18.2 Å². The van der Waals surface area contributed by atoms with Gasteiger partial charge in [0.15, 0.2) is 0 Å². The molecule has 0 saturated heterocycles. The van der Waals surface area contributed by atoms with Crippen LogP contribution in [-0.2, 0) is 11.2 Å². The summed E-state index contributed by atoms with van der Waals surface area (Å²) in [7, 11) is 0. The highest BCUT2D eigenvalue weighted by atomic mass is 16.5. The van der Waals surface area contributed by atoms with E-state index < -0.39 is 0 Å². The number of aryl methyl sites for hydroxylation is 2. The zero-order valence-corrected chi connectivity index (χ0v) is 11.7. The lowest BCUT2D eigenvalue weighted by Crippen LogP contribution is -2.33. The zero-order valence-electron chi connectivity index (χ0n) is 11.7. The van der Waals surface area contributed by atoms with Crippen molar-refractivity contribution in [1.82, 2.24) is 0 Å². The molecule has 1 atom stereocenters. The second-order valence-electron chi connectivity index (χ2n) is 5.76. The van der Waals surface area contributed by atoms with Gasteiger partial charge in [-0.05, 0) is 57.7 Å². The number of benzene rings is 1. The number of hydrogen-bond acceptors (Lipinski definition) is 2. The molecule has 0 aliphatic heterocycles. The highest BCUT2D eigenvalue weighted by Gasteiger charge is 2.14. The molecule has 2 heteroatoms. The Morgan fingerprint density at radius 1 is 1.18 bits per heavy atom. The third kappa shape index (κ3) is 4.88. The van der Waals surface area contributed by atoms with E-state index in [1.165, 1.54) is 16.7 Å². The Balaban J connectivity index is 2.59. The SMILES string of the molecule is Cc1cccc(C)c1CC(N)COC(C)(C)C. The van der Waals surface area contributed by atoms with Gasteiger partial charge >= 0.3 is 0 Å². The molecule has 96 valence electrons. The quantitative estimate of drug-likeness (QED) is 0.870. The molecule has 0 spiro atoms. The van der Waals surface area contributed by atoms with Crippen molar-refractivity contribution < 1.29 is 4.74 Å². The predicted octanol–water partition coefficient (Wildman–Crippen LogP) is 2.99. The normalized spacial score (nSPS) is 13.8. The van der Waals surface area contributed by atoms with Gasteiger partial charge in [-0.15, -0.1) is 0 Å². The van der Waals surface area contributed by atoms with Crippen molar-refractivity contribution in [3.05, 3.63) is 34.9 Å². The maximum atomic E-state index is 6.13. The van der Waals surface area contributed by atoms with E-state index in [2.05, 4.69) is 52.8 Å². The maximum absolute atomic E-state index is 6.13. The molecule has 1 aromatic rings. The minimum atomic E-state index is -0.113. The van der Waals surface area contributed by atoms with E-state index >= 15 is 0 Å².